The molecule has 8 heteroatoms. The van der Waals surface area contributed by atoms with Gasteiger partial charge in [-0.3, -0.25) is 4.72 Å². The van der Waals surface area contributed by atoms with Crippen LogP contribution >= 0.6 is 11.6 Å². The van der Waals surface area contributed by atoms with Crippen LogP contribution in [0.5, 0.6) is 5.75 Å². The van der Waals surface area contributed by atoms with Gasteiger partial charge in [0, 0.05) is 5.69 Å². The zero-order valence-electron chi connectivity index (χ0n) is 13.8. The molecule has 6 nitrogen and oxygen atoms in total. The quantitative estimate of drug-likeness (QED) is 0.737. The second-order valence-corrected chi connectivity index (χ2v) is 7.01. The predicted molar refractivity (Wildman–Crippen MR) is 95.8 cm³/mol. The number of anilines is 1. The summed E-state index contributed by atoms with van der Waals surface area (Å²) < 4.78 is 37.5. The third kappa shape index (κ3) is 4.87. The zero-order chi connectivity index (χ0) is 18.4. The Kier molecular flexibility index (Phi) is 6.27. The fourth-order valence-electron chi connectivity index (χ4n) is 2.05. The number of carbonyl (C=O) groups is 1. The van der Waals surface area contributed by atoms with Gasteiger partial charge >= 0.3 is 5.97 Å². The van der Waals surface area contributed by atoms with E-state index in [2.05, 4.69) is 4.72 Å². The van der Waals surface area contributed by atoms with Crippen molar-refractivity contribution >= 4 is 33.3 Å². The van der Waals surface area contributed by atoms with Crippen LogP contribution < -0.4 is 9.46 Å². The summed E-state index contributed by atoms with van der Waals surface area (Å²) in [5.74, 6) is -0.0350. The summed E-state index contributed by atoms with van der Waals surface area (Å²) in [6.45, 7) is 4.20. The largest absolute Gasteiger partial charge is 0.494 e. The molecule has 2 aromatic carbocycles. The number of esters is 1. The second-order valence-electron chi connectivity index (χ2n) is 4.93. The standard InChI is InChI=1S/C17H18ClNO5S/c1-3-23-13-6-8-14(9-7-13)25(21,22)19-12-5-10-16(18)15(11-12)17(20)24-4-2/h5-11,19H,3-4H2,1-2H3. The number of sulfonamides is 1. The molecule has 2 aromatic rings. The molecule has 0 aliphatic heterocycles. The highest BCUT2D eigenvalue weighted by Gasteiger charge is 2.17. The lowest BCUT2D eigenvalue weighted by Gasteiger charge is -2.11. The van der Waals surface area contributed by atoms with Crippen molar-refractivity contribution in [2.75, 3.05) is 17.9 Å². The van der Waals surface area contributed by atoms with E-state index >= 15 is 0 Å². The minimum Gasteiger partial charge on any atom is -0.494 e. The van der Waals surface area contributed by atoms with E-state index in [0.717, 1.165) is 0 Å². The van der Waals surface area contributed by atoms with Gasteiger partial charge in [0.1, 0.15) is 5.75 Å². The van der Waals surface area contributed by atoms with Gasteiger partial charge in [0.2, 0.25) is 0 Å². The zero-order valence-corrected chi connectivity index (χ0v) is 15.4. The third-order valence-electron chi connectivity index (χ3n) is 3.16. The number of rotatable bonds is 7. The number of ether oxygens (including phenoxy) is 2. The Balaban J connectivity index is 2.25. The Bertz CT molecular complexity index is 850. The van der Waals surface area contributed by atoms with Crippen molar-refractivity contribution in [1.29, 1.82) is 0 Å². The molecule has 2 rings (SSSR count). The van der Waals surface area contributed by atoms with Crippen LogP contribution in [0.1, 0.15) is 24.2 Å². The lowest BCUT2D eigenvalue weighted by atomic mass is 10.2. The minimum atomic E-state index is -3.81. The van der Waals surface area contributed by atoms with Crippen molar-refractivity contribution < 1.29 is 22.7 Å². The number of nitrogens with one attached hydrogen (secondary N) is 1. The molecule has 0 fully saturated rings. The lowest BCUT2D eigenvalue weighted by molar-refractivity contribution is 0.0526. The van der Waals surface area contributed by atoms with Gasteiger partial charge in [-0.25, -0.2) is 13.2 Å². The van der Waals surface area contributed by atoms with E-state index in [-0.39, 0.29) is 27.8 Å². The van der Waals surface area contributed by atoms with Gasteiger partial charge in [0.05, 0.1) is 28.7 Å². The third-order valence-corrected chi connectivity index (χ3v) is 4.89. The number of halogens is 1. The van der Waals surface area contributed by atoms with Crippen molar-refractivity contribution in [3.63, 3.8) is 0 Å². The average molecular weight is 384 g/mol. The Morgan fingerprint density at radius 2 is 1.76 bits per heavy atom. The highest BCUT2D eigenvalue weighted by molar-refractivity contribution is 7.92. The van der Waals surface area contributed by atoms with E-state index in [1.165, 1.54) is 30.3 Å². The first kappa shape index (κ1) is 19.1. The Labute approximate surface area is 151 Å². The first-order valence-electron chi connectivity index (χ1n) is 7.59. The molecule has 0 amide bonds. The molecule has 0 atom stereocenters. The fourth-order valence-corrected chi connectivity index (χ4v) is 3.29. The van der Waals surface area contributed by atoms with Crippen molar-refractivity contribution in [3.8, 4) is 5.75 Å². The average Bonchev–Trinajstić information content (AvgIpc) is 2.57. The Hall–Kier alpha value is -2.25. The summed E-state index contributed by atoms with van der Waals surface area (Å²) in [5.41, 5.74) is 0.303. The van der Waals surface area contributed by atoms with Crippen molar-refractivity contribution in [2.24, 2.45) is 0 Å². The topological polar surface area (TPSA) is 81.7 Å². The summed E-state index contributed by atoms with van der Waals surface area (Å²) in [5, 5.41) is 0.183. The summed E-state index contributed by atoms with van der Waals surface area (Å²) in [6, 6.07) is 10.3. The summed E-state index contributed by atoms with van der Waals surface area (Å²) >= 11 is 5.97. The maximum atomic E-state index is 12.5. The van der Waals surface area contributed by atoms with Gasteiger partial charge in [0.15, 0.2) is 0 Å². The molecule has 0 radical (unpaired) electrons. The molecule has 0 aliphatic carbocycles. The maximum Gasteiger partial charge on any atom is 0.339 e. The van der Waals surface area contributed by atoms with E-state index in [1.807, 2.05) is 6.92 Å². The second kappa shape index (κ2) is 8.22. The molecule has 25 heavy (non-hydrogen) atoms. The monoisotopic (exact) mass is 383 g/mol. The minimum absolute atomic E-state index is 0.0728. The van der Waals surface area contributed by atoms with Crippen molar-refractivity contribution in [1.82, 2.24) is 0 Å². The van der Waals surface area contributed by atoms with E-state index in [4.69, 9.17) is 21.1 Å². The molecular weight excluding hydrogens is 366 g/mol. The van der Waals surface area contributed by atoms with Crippen molar-refractivity contribution in [3.05, 3.63) is 53.1 Å². The van der Waals surface area contributed by atoms with Gasteiger partial charge in [-0.05, 0) is 56.3 Å². The van der Waals surface area contributed by atoms with Crippen LogP contribution in [0.2, 0.25) is 5.02 Å². The molecular formula is C17H18ClNO5S. The maximum absolute atomic E-state index is 12.5. The van der Waals surface area contributed by atoms with Gasteiger partial charge in [0.25, 0.3) is 10.0 Å². The number of carbonyl (C=O) groups excluding carboxylic acids is 1. The molecule has 0 saturated carbocycles. The Morgan fingerprint density at radius 3 is 2.36 bits per heavy atom. The number of hydrogen-bond acceptors (Lipinski definition) is 5. The molecule has 0 unspecified atom stereocenters. The van der Waals surface area contributed by atoms with Crippen LogP contribution in [0.3, 0.4) is 0 Å². The number of benzene rings is 2. The van der Waals surface area contributed by atoms with Crippen LogP contribution in [-0.2, 0) is 14.8 Å². The molecule has 0 aromatic heterocycles. The molecule has 0 bridgehead atoms. The molecule has 0 spiro atoms. The smallest absolute Gasteiger partial charge is 0.339 e. The molecule has 0 saturated heterocycles. The summed E-state index contributed by atoms with van der Waals surface area (Å²) in [4.78, 5) is 11.9. The van der Waals surface area contributed by atoms with E-state index in [0.29, 0.717) is 12.4 Å². The van der Waals surface area contributed by atoms with Gasteiger partial charge < -0.3 is 9.47 Å². The number of hydrogen-bond donors (Lipinski definition) is 1. The van der Waals surface area contributed by atoms with Crippen LogP contribution in [0.25, 0.3) is 0 Å². The summed E-state index contributed by atoms with van der Waals surface area (Å²) in [7, 11) is -3.81. The Morgan fingerprint density at radius 1 is 1.08 bits per heavy atom. The molecule has 0 aliphatic rings. The SMILES string of the molecule is CCOC(=O)c1cc(NS(=O)(=O)c2ccc(OCC)cc2)ccc1Cl. The fraction of sp³-hybridized carbons (Fsp3) is 0.235. The van der Waals surface area contributed by atoms with Crippen LogP contribution in [0.4, 0.5) is 5.69 Å². The van der Waals surface area contributed by atoms with Gasteiger partial charge in [-0.2, -0.15) is 0 Å². The molecule has 134 valence electrons. The van der Waals surface area contributed by atoms with E-state index < -0.39 is 16.0 Å². The highest BCUT2D eigenvalue weighted by Crippen LogP contribution is 2.24. The predicted octanol–water partition coefficient (Wildman–Crippen LogP) is 3.72. The van der Waals surface area contributed by atoms with E-state index in [1.54, 1.807) is 19.1 Å². The van der Waals surface area contributed by atoms with Crippen LogP contribution in [-0.4, -0.2) is 27.6 Å². The van der Waals surface area contributed by atoms with Gasteiger partial charge in [-0.15, -0.1) is 0 Å². The van der Waals surface area contributed by atoms with Crippen molar-refractivity contribution in [2.45, 2.75) is 18.7 Å². The normalized spacial score (nSPS) is 11.0. The molecule has 1 N–H and O–H groups in total. The highest BCUT2D eigenvalue weighted by atomic mass is 35.5. The lowest BCUT2D eigenvalue weighted by Crippen LogP contribution is -2.14. The van der Waals surface area contributed by atoms with Crippen LogP contribution in [0, 0.1) is 0 Å². The first-order chi connectivity index (χ1) is 11.9. The van der Waals surface area contributed by atoms with Gasteiger partial charge in [-0.1, -0.05) is 11.6 Å². The molecule has 0 heterocycles. The van der Waals surface area contributed by atoms with E-state index in [9.17, 15) is 13.2 Å². The summed E-state index contributed by atoms with van der Waals surface area (Å²) in [6.07, 6.45) is 0. The first-order valence-corrected chi connectivity index (χ1v) is 9.46. The van der Waals surface area contributed by atoms with Crippen LogP contribution in [0.15, 0.2) is 47.4 Å².